The van der Waals surface area contributed by atoms with Gasteiger partial charge in [0.1, 0.15) is 32.3 Å². The van der Waals surface area contributed by atoms with Crippen LogP contribution < -0.4 is 27.0 Å². The van der Waals surface area contributed by atoms with Crippen molar-refractivity contribution in [3.8, 4) is 0 Å². The quantitative estimate of drug-likeness (QED) is 0.0374. The molecular formula is C32H41N7O11. The maximum Gasteiger partial charge on any atom is 0.426 e. The molecule has 6 N–H and O–H groups in total. The summed E-state index contributed by atoms with van der Waals surface area (Å²) in [6.45, 7) is -0.819. The van der Waals surface area contributed by atoms with Gasteiger partial charge in [-0.1, -0.05) is 60.7 Å². The summed E-state index contributed by atoms with van der Waals surface area (Å²) in [4.78, 5) is 79.1. The fraction of sp³-hybridized carbons (Fsp3) is 0.406. The zero-order valence-corrected chi connectivity index (χ0v) is 27.4. The Balaban J connectivity index is 1.56. The highest BCUT2D eigenvalue weighted by atomic mass is 16.6. The van der Waals surface area contributed by atoms with Crippen LogP contribution in [0.3, 0.4) is 0 Å². The van der Waals surface area contributed by atoms with Gasteiger partial charge in [0.15, 0.2) is 0 Å². The molecule has 0 radical (unpaired) electrons. The molecule has 0 spiro atoms. The summed E-state index contributed by atoms with van der Waals surface area (Å²) in [6.07, 6.45) is -1.08. The van der Waals surface area contributed by atoms with E-state index in [0.29, 0.717) is 13.0 Å². The molecule has 1 saturated heterocycles. The van der Waals surface area contributed by atoms with E-state index < -0.39 is 61.0 Å². The summed E-state index contributed by atoms with van der Waals surface area (Å²) in [5.41, 5.74) is 11.1. The number of esters is 1. The van der Waals surface area contributed by atoms with Crippen LogP contribution in [0.5, 0.6) is 0 Å². The Kier molecular flexibility index (Phi) is 16.3. The van der Waals surface area contributed by atoms with Gasteiger partial charge < -0.3 is 34.3 Å². The molecule has 1 unspecified atom stereocenters. The summed E-state index contributed by atoms with van der Waals surface area (Å²) < 4.78 is 20.3. The molecule has 0 aliphatic carbocycles. The Morgan fingerprint density at radius 1 is 0.880 bits per heavy atom. The maximum absolute atomic E-state index is 12.8. The molecule has 1 heterocycles. The predicted molar refractivity (Wildman–Crippen MR) is 174 cm³/mol. The van der Waals surface area contributed by atoms with Crippen molar-refractivity contribution in [2.24, 2.45) is 10.9 Å². The minimum absolute atomic E-state index is 0.00379. The topological polar surface area (TPSA) is 235 Å². The molecule has 0 saturated carbocycles. The molecule has 2 atom stereocenters. The number of aliphatic imine (C=N–C) groups is 1. The SMILES string of the molecule is COC(=O)[C@H](CCCN=C(NNC(=O)OCc1ccccc1)NNC(=O)OCc1ccccc1)NC(=O)CN(CC(=O)O)C(=O)C1CCOC1. The van der Waals surface area contributed by atoms with Gasteiger partial charge >= 0.3 is 24.1 Å². The van der Waals surface area contributed by atoms with Gasteiger partial charge in [-0.05, 0) is 30.4 Å². The Morgan fingerprint density at radius 2 is 1.46 bits per heavy atom. The molecule has 2 aromatic rings. The second-order valence-corrected chi connectivity index (χ2v) is 10.8. The van der Waals surface area contributed by atoms with Crippen LogP contribution >= 0.6 is 0 Å². The minimum atomic E-state index is -1.30. The number of hydrazine groups is 2. The molecule has 1 fully saturated rings. The fourth-order valence-electron chi connectivity index (χ4n) is 4.50. The normalized spacial score (nSPS) is 13.8. The summed E-state index contributed by atoms with van der Waals surface area (Å²) >= 11 is 0. The Bertz CT molecular complexity index is 1390. The van der Waals surface area contributed by atoms with Crippen molar-refractivity contribution in [2.75, 3.05) is 40.0 Å². The van der Waals surface area contributed by atoms with Gasteiger partial charge in [-0.2, -0.15) is 0 Å². The van der Waals surface area contributed by atoms with Gasteiger partial charge in [0.2, 0.25) is 17.8 Å². The van der Waals surface area contributed by atoms with Crippen LogP contribution in [0.2, 0.25) is 0 Å². The van der Waals surface area contributed by atoms with Crippen molar-refractivity contribution >= 4 is 41.9 Å². The van der Waals surface area contributed by atoms with E-state index in [1.165, 1.54) is 0 Å². The zero-order valence-electron chi connectivity index (χ0n) is 27.4. The standard InChI is InChI=1S/C32H41N7O11/c1-47-29(44)25(34-26(40)17-39(18-27(41)42)28(43)24-14-16-48-21-24)13-8-15-33-30(35-37-31(45)49-19-22-9-4-2-5-10-22)36-38-32(46)50-20-23-11-6-3-7-12-23/h2-7,9-12,24-25H,8,13-21H2,1H3,(H,34,40)(H,37,45)(H,38,46)(H,41,42)(H2,33,35,36)/t24?,25-/m0/s1. The van der Waals surface area contributed by atoms with E-state index in [2.05, 4.69) is 32.0 Å². The number of rotatable bonds is 15. The number of nitrogens with one attached hydrogen (secondary N) is 5. The second-order valence-electron chi connectivity index (χ2n) is 10.8. The highest BCUT2D eigenvalue weighted by molar-refractivity contribution is 5.90. The summed E-state index contributed by atoms with van der Waals surface area (Å²) in [6, 6.07) is 16.8. The van der Waals surface area contributed by atoms with Gasteiger partial charge in [-0.25, -0.2) is 25.2 Å². The molecule has 270 valence electrons. The lowest BCUT2D eigenvalue weighted by molar-refractivity contribution is -0.149. The maximum atomic E-state index is 12.8. The Hall–Kier alpha value is -5.91. The van der Waals surface area contributed by atoms with E-state index in [1.807, 2.05) is 12.1 Å². The van der Waals surface area contributed by atoms with E-state index in [9.17, 15) is 33.9 Å². The number of hydrogen-bond acceptors (Lipinski definition) is 11. The largest absolute Gasteiger partial charge is 0.480 e. The van der Waals surface area contributed by atoms with E-state index in [4.69, 9.17) is 18.9 Å². The van der Waals surface area contributed by atoms with Gasteiger partial charge in [0, 0.05) is 13.2 Å². The molecule has 1 aliphatic rings. The minimum Gasteiger partial charge on any atom is -0.480 e. The van der Waals surface area contributed by atoms with Crippen molar-refractivity contribution in [1.82, 2.24) is 31.9 Å². The Labute approximate surface area is 287 Å². The molecule has 3 rings (SSSR count). The third-order valence-electron chi connectivity index (χ3n) is 6.98. The summed E-state index contributed by atoms with van der Waals surface area (Å²) in [7, 11) is 1.14. The number of hydrogen-bond donors (Lipinski definition) is 6. The first-order valence-corrected chi connectivity index (χ1v) is 15.6. The molecule has 2 aromatic carbocycles. The Morgan fingerprint density at radius 3 is 1.96 bits per heavy atom. The summed E-state index contributed by atoms with van der Waals surface area (Å²) in [5, 5.41) is 11.7. The number of methoxy groups -OCH3 is 1. The van der Waals surface area contributed by atoms with E-state index in [1.54, 1.807) is 48.5 Å². The number of carbonyl (C=O) groups excluding carboxylic acids is 5. The molecule has 4 amide bonds. The number of ether oxygens (including phenoxy) is 4. The van der Waals surface area contributed by atoms with Crippen molar-refractivity contribution in [3.05, 3.63) is 71.8 Å². The monoisotopic (exact) mass is 699 g/mol. The lowest BCUT2D eigenvalue weighted by Crippen LogP contribution is -2.53. The number of carboxylic acid groups (broad SMARTS) is 1. The molecule has 18 nitrogen and oxygen atoms in total. The highest BCUT2D eigenvalue weighted by Crippen LogP contribution is 2.15. The number of nitrogens with zero attached hydrogens (tertiary/aromatic N) is 2. The van der Waals surface area contributed by atoms with Crippen molar-refractivity contribution in [2.45, 2.75) is 38.5 Å². The number of carboxylic acids is 1. The van der Waals surface area contributed by atoms with Crippen LogP contribution in [-0.4, -0.2) is 97.9 Å². The van der Waals surface area contributed by atoms with Crippen molar-refractivity contribution < 1.29 is 52.8 Å². The predicted octanol–water partition coefficient (Wildman–Crippen LogP) is 0.592. The lowest BCUT2D eigenvalue weighted by atomic mass is 10.1. The van der Waals surface area contributed by atoms with Crippen LogP contribution in [0.15, 0.2) is 65.7 Å². The fourth-order valence-corrected chi connectivity index (χ4v) is 4.50. The first kappa shape index (κ1) is 38.5. The van der Waals surface area contributed by atoms with E-state index in [-0.39, 0.29) is 45.2 Å². The summed E-state index contributed by atoms with van der Waals surface area (Å²) in [5.74, 6) is -4.07. The number of benzene rings is 2. The smallest absolute Gasteiger partial charge is 0.426 e. The third kappa shape index (κ3) is 14.5. The van der Waals surface area contributed by atoms with Crippen LogP contribution in [0.25, 0.3) is 0 Å². The van der Waals surface area contributed by atoms with E-state index in [0.717, 1.165) is 23.1 Å². The number of guanidine groups is 1. The average molecular weight is 700 g/mol. The molecule has 0 bridgehead atoms. The molecule has 1 aliphatic heterocycles. The van der Waals surface area contributed by atoms with Crippen LogP contribution in [0.1, 0.15) is 30.4 Å². The van der Waals surface area contributed by atoms with Crippen molar-refractivity contribution in [1.29, 1.82) is 0 Å². The number of aliphatic carboxylic acids is 1. The van der Waals surface area contributed by atoms with Crippen LogP contribution in [0.4, 0.5) is 9.59 Å². The zero-order chi connectivity index (χ0) is 36.1. The molecule has 0 aromatic heterocycles. The second kappa shape index (κ2) is 21.1. The van der Waals surface area contributed by atoms with Gasteiger partial charge in [-0.15, -0.1) is 0 Å². The van der Waals surface area contributed by atoms with Crippen LogP contribution in [-0.2, 0) is 51.3 Å². The lowest BCUT2D eigenvalue weighted by Gasteiger charge is -2.24. The van der Waals surface area contributed by atoms with Gasteiger partial charge in [-0.3, -0.25) is 30.2 Å². The number of amides is 4. The van der Waals surface area contributed by atoms with Gasteiger partial charge in [0.25, 0.3) is 0 Å². The number of carbonyl (C=O) groups is 6. The molecular weight excluding hydrogens is 658 g/mol. The third-order valence-corrected chi connectivity index (χ3v) is 6.98. The van der Waals surface area contributed by atoms with Gasteiger partial charge in [0.05, 0.1) is 19.6 Å². The molecule has 50 heavy (non-hydrogen) atoms. The average Bonchev–Trinajstić information content (AvgIpc) is 3.67. The first-order chi connectivity index (χ1) is 24.1. The first-order valence-electron chi connectivity index (χ1n) is 15.6. The highest BCUT2D eigenvalue weighted by Gasteiger charge is 2.31. The van der Waals surface area contributed by atoms with Crippen molar-refractivity contribution in [3.63, 3.8) is 0 Å². The molecule has 18 heteroatoms. The van der Waals surface area contributed by atoms with Crippen LogP contribution in [0, 0.1) is 5.92 Å². The van der Waals surface area contributed by atoms with E-state index >= 15 is 0 Å².